The third kappa shape index (κ3) is 3.33. The van der Waals surface area contributed by atoms with Crippen LogP contribution in [0, 0.1) is 5.92 Å². The summed E-state index contributed by atoms with van der Waals surface area (Å²) in [4.78, 5) is 5.90. The molecular formula is C15H18ClF3N2O. The molecular weight excluding hydrogens is 317 g/mol. The summed E-state index contributed by atoms with van der Waals surface area (Å²) in [5.74, 6) is 0.979. The number of hydrogen-bond acceptors (Lipinski definition) is 3. The highest BCUT2D eigenvalue weighted by atomic mass is 35.5. The number of alkyl halides is 3. The standard InChI is InChI=1S/C15H18ClF3N2O/c16-12-8-11(15(17,18)19)9-20-14(12)21-5-3-10(4-6-21)13-2-1-7-22-13/h8-10,13H,1-7H2. The third-order valence-corrected chi connectivity index (χ3v) is 4.76. The fourth-order valence-electron chi connectivity index (χ4n) is 3.28. The molecule has 1 aromatic rings. The first kappa shape index (κ1) is 15.9. The van der Waals surface area contributed by atoms with E-state index in [2.05, 4.69) is 4.98 Å². The lowest BCUT2D eigenvalue weighted by Crippen LogP contribution is -2.38. The average molecular weight is 335 g/mol. The Hall–Kier alpha value is -1.01. The van der Waals surface area contributed by atoms with E-state index in [-0.39, 0.29) is 5.02 Å². The van der Waals surface area contributed by atoms with E-state index < -0.39 is 11.7 Å². The molecule has 0 spiro atoms. The molecule has 0 radical (unpaired) electrons. The number of rotatable bonds is 2. The Morgan fingerprint density at radius 3 is 2.50 bits per heavy atom. The number of pyridine rings is 1. The van der Waals surface area contributed by atoms with E-state index in [0.29, 0.717) is 17.8 Å². The largest absolute Gasteiger partial charge is 0.417 e. The number of ether oxygens (including phenoxy) is 1. The Balaban J connectivity index is 1.66. The van der Waals surface area contributed by atoms with Crippen LogP contribution in [0.15, 0.2) is 12.3 Å². The zero-order chi connectivity index (χ0) is 15.7. The summed E-state index contributed by atoms with van der Waals surface area (Å²) in [6.07, 6.45) is 0.947. The highest BCUT2D eigenvalue weighted by molar-refractivity contribution is 6.33. The Morgan fingerprint density at radius 2 is 1.95 bits per heavy atom. The minimum Gasteiger partial charge on any atom is -0.378 e. The second-order valence-electron chi connectivity index (χ2n) is 5.90. The van der Waals surface area contributed by atoms with Crippen molar-refractivity contribution in [2.45, 2.75) is 38.0 Å². The summed E-state index contributed by atoms with van der Waals surface area (Å²) in [5, 5.41) is 0.0605. The maximum atomic E-state index is 12.6. The molecule has 3 heterocycles. The van der Waals surface area contributed by atoms with Crippen LogP contribution in [0.4, 0.5) is 19.0 Å². The SMILES string of the molecule is FC(F)(F)c1cnc(N2CCC(C3CCCO3)CC2)c(Cl)c1. The van der Waals surface area contributed by atoms with E-state index in [0.717, 1.165) is 57.6 Å². The van der Waals surface area contributed by atoms with Crippen LogP contribution in [-0.4, -0.2) is 30.8 Å². The number of hydrogen-bond donors (Lipinski definition) is 0. The van der Waals surface area contributed by atoms with E-state index in [1.165, 1.54) is 0 Å². The average Bonchev–Trinajstić information content (AvgIpc) is 3.01. The van der Waals surface area contributed by atoms with Crippen molar-refractivity contribution >= 4 is 17.4 Å². The second-order valence-corrected chi connectivity index (χ2v) is 6.31. The first-order valence-corrected chi connectivity index (χ1v) is 7.92. The summed E-state index contributed by atoms with van der Waals surface area (Å²) in [7, 11) is 0. The van der Waals surface area contributed by atoms with Gasteiger partial charge >= 0.3 is 6.18 Å². The number of piperidine rings is 1. The van der Waals surface area contributed by atoms with Crippen molar-refractivity contribution in [2.24, 2.45) is 5.92 Å². The molecule has 3 rings (SSSR count). The molecule has 2 saturated heterocycles. The summed E-state index contributed by atoms with van der Waals surface area (Å²) < 4.78 is 43.6. The highest BCUT2D eigenvalue weighted by Gasteiger charge is 2.33. The van der Waals surface area contributed by atoms with Crippen LogP contribution >= 0.6 is 11.6 Å². The molecule has 1 aromatic heterocycles. The molecule has 2 fully saturated rings. The minimum atomic E-state index is -4.41. The minimum absolute atomic E-state index is 0.0605. The van der Waals surface area contributed by atoms with Crippen LogP contribution in [-0.2, 0) is 10.9 Å². The number of anilines is 1. The van der Waals surface area contributed by atoms with Crippen molar-refractivity contribution in [3.8, 4) is 0 Å². The first-order chi connectivity index (χ1) is 10.4. The van der Waals surface area contributed by atoms with Gasteiger partial charge in [-0.1, -0.05) is 11.6 Å². The molecule has 7 heteroatoms. The maximum Gasteiger partial charge on any atom is 0.417 e. The molecule has 122 valence electrons. The van der Waals surface area contributed by atoms with Gasteiger partial charge < -0.3 is 9.64 Å². The van der Waals surface area contributed by atoms with E-state index in [1.54, 1.807) is 0 Å². The van der Waals surface area contributed by atoms with Crippen molar-refractivity contribution < 1.29 is 17.9 Å². The Kier molecular flexibility index (Phi) is 4.50. The fourth-order valence-corrected chi connectivity index (χ4v) is 3.56. The molecule has 0 amide bonds. The molecule has 1 atom stereocenters. The maximum absolute atomic E-state index is 12.6. The molecule has 0 aliphatic carbocycles. The van der Waals surface area contributed by atoms with E-state index in [4.69, 9.17) is 16.3 Å². The van der Waals surface area contributed by atoms with Gasteiger partial charge in [-0.25, -0.2) is 4.98 Å². The highest BCUT2D eigenvalue weighted by Crippen LogP contribution is 2.36. The van der Waals surface area contributed by atoms with Gasteiger partial charge in [-0.2, -0.15) is 13.2 Å². The predicted octanol–water partition coefficient (Wildman–Crippen LogP) is 4.15. The van der Waals surface area contributed by atoms with Crippen LogP contribution < -0.4 is 4.90 Å². The quantitative estimate of drug-likeness (QED) is 0.812. The van der Waals surface area contributed by atoms with Crippen molar-refractivity contribution in [1.82, 2.24) is 4.98 Å². The van der Waals surface area contributed by atoms with Crippen molar-refractivity contribution in [2.75, 3.05) is 24.6 Å². The second kappa shape index (κ2) is 6.24. The lowest BCUT2D eigenvalue weighted by atomic mass is 9.90. The Labute approximate surface area is 132 Å². The molecule has 22 heavy (non-hydrogen) atoms. The predicted molar refractivity (Wildman–Crippen MR) is 78.2 cm³/mol. The molecule has 0 aromatic carbocycles. The van der Waals surface area contributed by atoms with Crippen molar-refractivity contribution in [3.05, 3.63) is 22.8 Å². The normalized spacial score (nSPS) is 24.0. The topological polar surface area (TPSA) is 25.4 Å². The zero-order valence-corrected chi connectivity index (χ0v) is 12.8. The van der Waals surface area contributed by atoms with Gasteiger partial charge in [-0.15, -0.1) is 0 Å². The number of halogens is 4. The van der Waals surface area contributed by atoms with Gasteiger partial charge in [0.25, 0.3) is 0 Å². The van der Waals surface area contributed by atoms with Gasteiger partial charge in [0, 0.05) is 25.9 Å². The van der Waals surface area contributed by atoms with Gasteiger partial charge in [-0.3, -0.25) is 0 Å². The van der Waals surface area contributed by atoms with Crippen LogP contribution in [0.2, 0.25) is 5.02 Å². The van der Waals surface area contributed by atoms with Crippen LogP contribution in [0.3, 0.4) is 0 Å². The van der Waals surface area contributed by atoms with E-state index >= 15 is 0 Å². The van der Waals surface area contributed by atoms with Gasteiger partial charge in [-0.05, 0) is 37.7 Å². The smallest absolute Gasteiger partial charge is 0.378 e. The Morgan fingerprint density at radius 1 is 1.23 bits per heavy atom. The molecule has 0 bridgehead atoms. The molecule has 1 unspecified atom stereocenters. The van der Waals surface area contributed by atoms with E-state index in [1.807, 2.05) is 4.90 Å². The lowest BCUT2D eigenvalue weighted by molar-refractivity contribution is -0.137. The molecule has 0 N–H and O–H groups in total. The monoisotopic (exact) mass is 334 g/mol. The van der Waals surface area contributed by atoms with Crippen LogP contribution in [0.5, 0.6) is 0 Å². The van der Waals surface area contributed by atoms with Gasteiger partial charge in [0.1, 0.15) is 5.82 Å². The van der Waals surface area contributed by atoms with Gasteiger partial charge in [0.2, 0.25) is 0 Å². The summed E-state index contributed by atoms with van der Waals surface area (Å²) in [6, 6.07) is 0.954. The third-order valence-electron chi connectivity index (χ3n) is 4.48. The van der Waals surface area contributed by atoms with Crippen molar-refractivity contribution in [3.63, 3.8) is 0 Å². The van der Waals surface area contributed by atoms with Gasteiger partial charge in [0.15, 0.2) is 0 Å². The molecule has 2 aliphatic heterocycles. The summed E-state index contributed by atoms with van der Waals surface area (Å²) in [5.41, 5.74) is -0.810. The van der Waals surface area contributed by atoms with Crippen LogP contribution in [0.25, 0.3) is 0 Å². The van der Waals surface area contributed by atoms with Crippen molar-refractivity contribution in [1.29, 1.82) is 0 Å². The van der Waals surface area contributed by atoms with Gasteiger partial charge in [0.05, 0.1) is 16.7 Å². The first-order valence-electron chi connectivity index (χ1n) is 7.54. The molecule has 0 saturated carbocycles. The lowest BCUT2D eigenvalue weighted by Gasteiger charge is -2.35. The fraction of sp³-hybridized carbons (Fsp3) is 0.667. The molecule has 3 nitrogen and oxygen atoms in total. The van der Waals surface area contributed by atoms with Crippen LogP contribution in [0.1, 0.15) is 31.2 Å². The number of aromatic nitrogens is 1. The van der Waals surface area contributed by atoms with E-state index in [9.17, 15) is 13.2 Å². The zero-order valence-electron chi connectivity index (χ0n) is 12.1. The summed E-state index contributed by atoms with van der Waals surface area (Å²) in [6.45, 7) is 2.35. The number of nitrogens with zero attached hydrogens (tertiary/aromatic N) is 2. The summed E-state index contributed by atoms with van der Waals surface area (Å²) >= 11 is 6.00. The molecule has 2 aliphatic rings. The Bertz CT molecular complexity index is 524.